The Morgan fingerprint density at radius 1 is 1.21 bits per heavy atom. The summed E-state index contributed by atoms with van der Waals surface area (Å²) in [4.78, 5) is 14.1. The molecule has 1 unspecified atom stereocenters. The third-order valence-corrected chi connectivity index (χ3v) is 4.02. The Morgan fingerprint density at radius 3 is 2.53 bits per heavy atom. The highest BCUT2D eigenvalue weighted by atomic mass is 16.2. The first-order valence-corrected chi connectivity index (χ1v) is 7.25. The number of nitrogens with one attached hydrogen (secondary N) is 1. The molecule has 2 rings (SSSR count). The van der Waals surface area contributed by atoms with Crippen molar-refractivity contribution < 1.29 is 4.79 Å². The predicted octanol–water partition coefficient (Wildman–Crippen LogP) is 2.35. The fourth-order valence-electron chi connectivity index (χ4n) is 2.59. The zero-order valence-corrected chi connectivity index (χ0v) is 12.0. The molecule has 3 heteroatoms. The minimum Gasteiger partial charge on any atom is -0.338 e. The Balaban J connectivity index is 1.98. The smallest absolute Gasteiger partial charge is 0.222 e. The van der Waals surface area contributed by atoms with Gasteiger partial charge >= 0.3 is 0 Å². The van der Waals surface area contributed by atoms with Crippen molar-refractivity contribution >= 4 is 5.91 Å². The number of rotatable bonds is 4. The van der Waals surface area contributed by atoms with Crippen molar-refractivity contribution in [3.05, 3.63) is 35.4 Å². The normalized spacial score (nSPS) is 20.4. The monoisotopic (exact) mass is 260 g/mol. The van der Waals surface area contributed by atoms with Crippen LogP contribution in [0, 0.1) is 0 Å². The Bertz CT molecular complexity index is 413. The van der Waals surface area contributed by atoms with Crippen molar-refractivity contribution in [1.82, 2.24) is 10.2 Å². The summed E-state index contributed by atoms with van der Waals surface area (Å²) in [5.74, 6) is 0.289. The van der Waals surface area contributed by atoms with Gasteiger partial charge in [-0.25, -0.2) is 0 Å². The summed E-state index contributed by atoms with van der Waals surface area (Å²) in [7, 11) is 1.98. The Kier molecular flexibility index (Phi) is 4.97. The highest BCUT2D eigenvalue weighted by Crippen LogP contribution is 2.15. The summed E-state index contributed by atoms with van der Waals surface area (Å²) in [6.45, 7) is 3.77. The molecule has 0 aromatic heterocycles. The average molecular weight is 260 g/mol. The molecule has 19 heavy (non-hydrogen) atoms. The van der Waals surface area contributed by atoms with Gasteiger partial charge in [0, 0.05) is 25.6 Å². The molecule has 0 aliphatic carbocycles. The van der Waals surface area contributed by atoms with Crippen LogP contribution in [0.3, 0.4) is 0 Å². The van der Waals surface area contributed by atoms with Crippen molar-refractivity contribution in [3.63, 3.8) is 0 Å². The number of nitrogens with zero attached hydrogens (tertiary/aromatic N) is 1. The van der Waals surface area contributed by atoms with Gasteiger partial charge < -0.3 is 10.2 Å². The minimum absolute atomic E-state index is 0.289. The molecule has 1 heterocycles. The highest BCUT2D eigenvalue weighted by Gasteiger charge is 2.21. The average Bonchev–Trinajstić information content (AvgIpc) is 2.62. The molecule has 1 aliphatic rings. The summed E-state index contributed by atoms with van der Waals surface area (Å²) in [6.07, 6.45) is 3.74. The lowest BCUT2D eigenvalue weighted by Gasteiger charge is -2.21. The molecule has 1 aromatic carbocycles. The molecular weight excluding hydrogens is 236 g/mol. The van der Waals surface area contributed by atoms with Crippen molar-refractivity contribution in [2.24, 2.45) is 0 Å². The van der Waals surface area contributed by atoms with Gasteiger partial charge in [0.1, 0.15) is 0 Å². The number of amides is 1. The quantitative estimate of drug-likeness (QED) is 0.901. The predicted molar refractivity (Wildman–Crippen MR) is 77.9 cm³/mol. The second kappa shape index (κ2) is 6.71. The zero-order valence-electron chi connectivity index (χ0n) is 12.0. The van der Waals surface area contributed by atoms with Gasteiger partial charge in [0.15, 0.2) is 0 Å². The summed E-state index contributed by atoms with van der Waals surface area (Å²) >= 11 is 0. The van der Waals surface area contributed by atoms with Gasteiger partial charge in [-0.1, -0.05) is 31.2 Å². The van der Waals surface area contributed by atoms with Crippen LogP contribution in [-0.2, 0) is 17.8 Å². The van der Waals surface area contributed by atoms with Gasteiger partial charge in [-0.3, -0.25) is 4.79 Å². The standard InChI is InChI=1S/C16H24N2O/c1-3-13-4-6-14(7-5-13)12-18-11-10-15(17-2)8-9-16(18)19/h4-7,15,17H,3,8-12H2,1-2H3. The van der Waals surface area contributed by atoms with Crippen molar-refractivity contribution in [3.8, 4) is 0 Å². The molecule has 0 saturated carbocycles. The van der Waals surface area contributed by atoms with Crippen LogP contribution in [0.2, 0.25) is 0 Å². The Labute approximate surface area is 116 Å². The topological polar surface area (TPSA) is 32.3 Å². The number of carbonyl (C=O) groups is 1. The molecule has 1 atom stereocenters. The zero-order chi connectivity index (χ0) is 13.7. The van der Waals surface area contributed by atoms with E-state index in [1.165, 1.54) is 11.1 Å². The molecule has 0 radical (unpaired) electrons. The summed E-state index contributed by atoms with van der Waals surface area (Å²) in [5.41, 5.74) is 2.58. The lowest BCUT2D eigenvalue weighted by Crippen LogP contribution is -2.30. The van der Waals surface area contributed by atoms with Gasteiger partial charge in [0.25, 0.3) is 0 Å². The number of hydrogen-bond acceptors (Lipinski definition) is 2. The van der Waals surface area contributed by atoms with Crippen LogP contribution in [0.5, 0.6) is 0 Å². The number of aryl methyl sites for hydroxylation is 1. The van der Waals surface area contributed by atoms with Crippen molar-refractivity contribution in [2.45, 2.75) is 45.2 Å². The van der Waals surface area contributed by atoms with Crippen LogP contribution in [-0.4, -0.2) is 30.4 Å². The SMILES string of the molecule is CCc1ccc(CN2CCC(NC)CCC2=O)cc1. The fraction of sp³-hybridized carbons (Fsp3) is 0.562. The van der Waals surface area contributed by atoms with Gasteiger partial charge in [-0.05, 0) is 37.4 Å². The van der Waals surface area contributed by atoms with E-state index in [9.17, 15) is 4.79 Å². The first-order chi connectivity index (χ1) is 9.22. The van der Waals surface area contributed by atoms with E-state index in [-0.39, 0.29) is 5.91 Å². The first-order valence-electron chi connectivity index (χ1n) is 7.25. The van der Waals surface area contributed by atoms with E-state index < -0.39 is 0 Å². The number of hydrogen-bond donors (Lipinski definition) is 1. The third kappa shape index (κ3) is 3.80. The van der Waals surface area contributed by atoms with E-state index in [2.05, 4.69) is 36.5 Å². The van der Waals surface area contributed by atoms with Crippen LogP contribution in [0.25, 0.3) is 0 Å². The second-order valence-electron chi connectivity index (χ2n) is 5.30. The molecule has 1 aliphatic heterocycles. The van der Waals surface area contributed by atoms with Crippen LogP contribution < -0.4 is 5.32 Å². The van der Waals surface area contributed by atoms with E-state index in [4.69, 9.17) is 0 Å². The summed E-state index contributed by atoms with van der Waals surface area (Å²) in [5, 5.41) is 3.29. The van der Waals surface area contributed by atoms with Crippen LogP contribution in [0.15, 0.2) is 24.3 Å². The first kappa shape index (κ1) is 14.1. The largest absolute Gasteiger partial charge is 0.338 e. The van der Waals surface area contributed by atoms with Gasteiger partial charge in [0.2, 0.25) is 5.91 Å². The second-order valence-corrected chi connectivity index (χ2v) is 5.30. The van der Waals surface area contributed by atoms with E-state index >= 15 is 0 Å². The molecule has 1 aromatic rings. The fourth-order valence-corrected chi connectivity index (χ4v) is 2.59. The number of carbonyl (C=O) groups excluding carboxylic acids is 1. The highest BCUT2D eigenvalue weighted by molar-refractivity contribution is 5.76. The minimum atomic E-state index is 0.289. The maximum Gasteiger partial charge on any atom is 0.222 e. The Hall–Kier alpha value is -1.35. The van der Waals surface area contributed by atoms with E-state index in [1.54, 1.807) is 0 Å². The summed E-state index contributed by atoms with van der Waals surface area (Å²) in [6, 6.07) is 9.10. The van der Waals surface area contributed by atoms with E-state index in [0.29, 0.717) is 12.5 Å². The molecule has 1 N–H and O–H groups in total. The number of likely N-dealkylation sites (tertiary alicyclic amines) is 1. The van der Waals surface area contributed by atoms with Gasteiger partial charge in [-0.15, -0.1) is 0 Å². The molecule has 1 saturated heterocycles. The van der Waals surface area contributed by atoms with Gasteiger partial charge in [-0.2, -0.15) is 0 Å². The van der Waals surface area contributed by atoms with E-state index in [1.807, 2.05) is 11.9 Å². The lowest BCUT2D eigenvalue weighted by atomic mass is 10.1. The van der Waals surface area contributed by atoms with Gasteiger partial charge in [0.05, 0.1) is 0 Å². The summed E-state index contributed by atoms with van der Waals surface area (Å²) < 4.78 is 0. The molecule has 104 valence electrons. The van der Waals surface area contributed by atoms with Crippen LogP contribution in [0.4, 0.5) is 0 Å². The Morgan fingerprint density at radius 2 is 1.89 bits per heavy atom. The molecule has 1 amide bonds. The molecule has 1 fully saturated rings. The maximum atomic E-state index is 12.1. The third-order valence-electron chi connectivity index (χ3n) is 4.02. The maximum absolute atomic E-state index is 12.1. The number of benzene rings is 1. The molecular formula is C16H24N2O. The van der Waals surface area contributed by atoms with Crippen LogP contribution in [0.1, 0.15) is 37.3 Å². The van der Waals surface area contributed by atoms with E-state index in [0.717, 1.165) is 32.4 Å². The molecule has 0 spiro atoms. The lowest BCUT2D eigenvalue weighted by molar-refractivity contribution is -0.131. The van der Waals surface area contributed by atoms with Crippen molar-refractivity contribution in [1.29, 1.82) is 0 Å². The molecule has 3 nitrogen and oxygen atoms in total. The molecule has 0 bridgehead atoms. The van der Waals surface area contributed by atoms with Crippen molar-refractivity contribution in [2.75, 3.05) is 13.6 Å². The van der Waals surface area contributed by atoms with Crippen LogP contribution >= 0.6 is 0 Å².